The molecule has 0 bridgehead atoms. The van der Waals surface area contributed by atoms with Gasteiger partial charge in [0.1, 0.15) is 22.9 Å². The van der Waals surface area contributed by atoms with Crippen molar-refractivity contribution in [3.8, 4) is 29.2 Å². The van der Waals surface area contributed by atoms with Crippen molar-refractivity contribution in [3.05, 3.63) is 47.7 Å². The van der Waals surface area contributed by atoms with Gasteiger partial charge in [-0.15, -0.1) is 0 Å². The number of nitrogens with two attached hydrogens (primary N) is 1. The standard InChI is InChI=1S/C25H29N7O3/c1-6-32-18-14-20(34-19(15-31(4)5)16-10-8-7-9-11-16)27-17(12-13-25(2,3)33)21(18)28-24(32)22-23(26)30-35-29-22/h7-11,14,19,33H,6,15H2,1-5H3,(H2,26,30). The van der Waals surface area contributed by atoms with Crippen LogP contribution in [-0.2, 0) is 6.54 Å². The number of aromatic nitrogens is 5. The summed E-state index contributed by atoms with van der Waals surface area (Å²) in [6.45, 7) is 6.42. The van der Waals surface area contributed by atoms with E-state index in [1.54, 1.807) is 13.8 Å². The van der Waals surface area contributed by atoms with Crippen LogP contribution >= 0.6 is 0 Å². The van der Waals surface area contributed by atoms with E-state index in [9.17, 15) is 5.11 Å². The molecule has 1 unspecified atom stereocenters. The van der Waals surface area contributed by atoms with Crippen LogP contribution in [0.1, 0.15) is 38.1 Å². The minimum absolute atomic E-state index is 0.138. The average molecular weight is 476 g/mol. The summed E-state index contributed by atoms with van der Waals surface area (Å²) in [6, 6.07) is 11.8. The van der Waals surface area contributed by atoms with E-state index in [-0.39, 0.29) is 11.9 Å². The molecule has 3 N–H and O–H groups in total. The number of aliphatic hydroxyl groups is 1. The van der Waals surface area contributed by atoms with Gasteiger partial charge in [0.05, 0.1) is 5.52 Å². The number of pyridine rings is 1. The third kappa shape index (κ3) is 5.42. The van der Waals surface area contributed by atoms with Crippen LogP contribution in [0.5, 0.6) is 5.88 Å². The number of nitrogens with zero attached hydrogens (tertiary/aromatic N) is 6. The first-order valence-corrected chi connectivity index (χ1v) is 11.3. The summed E-state index contributed by atoms with van der Waals surface area (Å²) in [7, 11) is 3.98. The van der Waals surface area contributed by atoms with E-state index in [2.05, 4.69) is 32.0 Å². The van der Waals surface area contributed by atoms with Gasteiger partial charge in [-0.2, -0.15) is 0 Å². The molecule has 1 aromatic carbocycles. The Balaban J connectivity index is 1.89. The maximum Gasteiger partial charge on any atom is 0.217 e. The van der Waals surface area contributed by atoms with E-state index >= 15 is 0 Å². The zero-order valence-electron chi connectivity index (χ0n) is 20.5. The largest absolute Gasteiger partial charge is 0.468 e. The number of imidazole rings is 1. The number of aryl methyl sites for hydroxylation is 1. The zero-order chi connectivity index (χ0) is 25.2. The van der Waals surface area contributed by atoms with Crippen molar-refractivity contribution in [2.75, 3.05) is 26.4 Å². The molecule has 3 aromatic heterocycles. The smallest absolute Gasteiger partial charge is 0.217 e. The molecule has 0 aliphatic rings. The molecule has 0 aliphatic heterocycles. The Morgan fingerprint density at radius 3 is 2.54 bits per heavy atom. The zero-order valence-corrected chi connectivity index (χ0v) is 20.5. The summed E-state index contributed by atoms with van der Waals surface area (Å²) in [5.41, 5.74) is 7.76. The van der Waals surface area contributed by atoms with E-state index < -0.39 is 5.60 Å². The Kier molecular flexibility index (Phi) is 6.73. The molecule has 0 aliphatic carbocycles. The van der Waals surface area contributed by atoms with Gasteiger partial charge in [0.15, 0.2) is 17.3 Å². The third-order valence-electron chi connectivity index (χ3n) is 5.21. The molecule has 10 heteroatoms. The van der Waals surface area contributed by atoms with Crippen molar-refractivity contribution in [3.63, 3.8) is 0 Å². The minimum Gasteiger partial charge on any atom is -0.468 e. The lowest BCUT2D eigenvalue weighted by Crippen LogP contribution is -2.24. The Morgan fingerprint density at radius 2 is 1.94 bits per heavy atom. The first-order chi connectivity index (χ1) is 16.7. The van der Waals surface area contributed by atoms with Crippen LogP contribution in [0.25, 0.3) is 22.6 Å². The van der Waals surface area contributed by atoms with Gasteiger partial charge in [0.2, 0.25) is 5.88 Å². The van der Waals surface area contributed by atoms with E-state index in [1.165, 1.54) is 0 Å². The maximum absolute atomic E-state index is 10.2. The molecule has 0 fully saturated rings. The molecule has 4 aromatic rings. The average Bonchev–Trinajstić information content (AvgIpc) is 3.39. The van der Waals surface area contributed by atoms with Gasteiger partial charge in [-0.1, -0.05) is 36.3 Å². The van der Waals surface area contributed by atoms with Gasteiger partial charge in [0.25, 0.3) is 0 Å². The van der Waals surface area contributed by atoms with Crippen LogP contribution in [-0.4, -0.2) is 61.1 Å². The number of likely N-dealkylation sites (N-methyl/N-ethyl adjacent to an activating group) is 1. The fraction of sp³-hybridized carbons (Fsp3) is 0.360. The van der Waals surface area contributed by atoms with Gasteiger partial charge in [-0.05, 0) is 56.7 Å². The summed E-state index contributed by atoms with van der Waals surface area (Å²) < 4.78 is 13.1. The quantitative estimate of drug-likeness (QED) is 0.388. The van der Waals surface area contributed by atoms with Crippen LogP contribution in [0, 0.1) is 11.8 Å². The lowest BCUT2D eigenvalue weighted by Gasteiger charge is -2.22. The predicted molar refractivity (Wildman–Crippen MR) is 132 cm³/mol. The molecule has 3 heterocycles. The van der Waals surface area contributed by atoms with Gasteiger partial charge in [-0.25, -0.2) is 14.6 Å². The van der Waals surface area contributed by atoms with E-state index in [0.29, 0.717) is 41.7 Å². The first-order valence-electron chi connectivity index (χ1n) is 11.3. The molecule has 4 rings (SSSR count). The minimum atomic E-state index is -1.21. The summed E-state index contributed by atoms with van der Waals surface area (Å²) >= 11 is 0. The van der Waals surface area contributed by atoms with Gasteiger partial charge < -0.3 is 25.0 Å². The fourth-order valence-electron chi connectivity index (χ4n) is 3.67. The van der Waals surface area contributed by atoms with Crippen molar-refractivity contribution in [2.24, 2.45) is 0 Å². The van der Waals surface area contributed by atoms with Crippen LogP contribution < -0.4 is 10.5 Å². The van der Waals surface area contributed by atoms with Crippen molar-refractivity contribution in [1.82, 2.24) is 29.7 Å². The predicted octanol–water partition coefficient (Wildman–Crippen LogP) is 2.89. The highest BCUT2D eigenvalue weighted by Gasteiger charge is 2.23. The Hall–Kier alpha value is -3.94. The maximum atomic E-state index is 10.2. The molecular weight excluding hydrogens is 446 g/mol. The number of nitrogen functional groups attached to an aromatic ring is 1. The van der Waals surface area contributed by atoms with Crippen molar-refractivity contribution >= 4 is 16.9 Å². The number of rotatable bonds is 7. The molecule has 0 saturated heterocycles. The molecule has 0 amide bonds. The number of hydrogen-bond acceptors (Lipinski definition) is 9. The summed E-state index contributed by atoms with van der Waals surface area (Å²) in [5, 5.41) is 17.8. The number of benzene rings is 1. The number of ether oxygens (including phenoxy) is 1. The van der Waals surface area contributed by atoms with Crippen molar-refractivity contribution < 1.29 is 14.5 Å². The lowest BCUT2D eigenvalue weighted by molar-refractivity contribution is 0.143. The van der Waals surface area contributed by atoms with Crippen LogP contribution in [0.15, 0.2) is 41.0 Å². The highest BCUT2D eigenvalue weighted by molar-refractivity contribution is 5.86. The Bertz CT molecular complexity index is 1380. The number of hydrogen-bond donors (Lipinski definition) is 2. The molecule has 0 saturated carbocycles. The molecule has 0 spiro atoms. The molecule has 10 nitrogen and oxygen atoms in total. The van der Waals surface area contributed by atoms with Crippen molar-refractivity contribution in [1.29, 1.82) is 0 Å². The topological polar surface area (TPSA) is 128 Å². The molecule has 182 valence electrons. The summed E-state index contributed by atoms with van der Waals surface area (Å²) in [4.78, 5) is 11.5. The van der Waals surface area contributed by atoms with E-state index in [4.69, 9.17) is 20.1 Å². The number of fused-ring (bicyclic) bond motifs is 1. The van der Waals surface area contributed by atoms with Crippen molar-refractivity contribution in [2.45, 2.75) is 39.0 Å². The molecule has 0 radical (unpaired) electrons. The van der Waals surface area contributed by atoms with Crippen LogP contribution in [0.2, 0.25) is 0 Å². The normalized spacial score (nSPS) is 12.5. The Labute approximate surface area is 203 Å². The second kappa shape index (κ2) is 9.74. The highest BCUT2D eigenvalue weighted by Crippen LogP contribution is 2.31. The molecule has 35 heavy (non-hydrogen) atoms. The monoisotopic (exact) mass is 475 g/mol. The van der Waals surface area contributed by atoms with Gasteiger partial charge in [0, 0.05) is 19.2 Å². The van der Waals surface area contributed by atoms with Gasteiger partial charge in [-0.3, -0.25) is 0 Å². The first kappa shape index (κ1) is 24.2. The number of anilines is 1. The second-order valence-electron chi connectivity index (χ2n) is 8.94. The van der Waals surface area contributed by atoms with E-state index in [1.807, 2.05) is 62.0 Å². The lowest BCUT2D eigenvalue weighted by atomic mass is 10.1. The third-order valence-corrected chi connectivity index (χ3v) is 5.21. The van der Waals surface area contributed by atoms with Gasteiger partial charge >= 0.3 is 0 Å². The molecule has 1 atom stereocenters. The summed E-state index contributed by atoms with van der Waals surface area (Å²) in [5.74, 6) is 6.82. The second-order valence-corrected chi connectivity index (χ2v) is 8.94. The van der Waals surface area contributed by atoms with Crippen LogP contribution in [0.3, 0.4) is 0 Å². The Morgan fingerprint density at radius 1 is 1.20 bits per heavy atom. The van der Waals surface area contributed by atoms with E-state index in [0.717, 1.165) is 11.1 Å². The fourth-order valence-corrected chi connectivity index (χ4v) is 3.67. The molecular formula is C25H29N7O3. The summed E-state index contributed by atoms with van der Waals surface area (Å²) in [6.07, 6.45) is -0.265. The SMILES string of the molecule is CCn1c(-c2nonc2N)nc2c(C#CC(C)(C)O)nc(OC(CN(C)C)c3ccccc3)cc21. The van der Waals surface area contributed by atoms with Crippen LogP contribution in [0.4, 0.5) is 5.82 Å². The highest BCUT2D eigenvalue weighted by atomic mass is 16.6.